The van der Waals surface area contributed by atoms with Crippen LogP contribution in [0, 0.1) is 0 Å². The van der Waals surface area contributed by atoms with Crippen LogP contribution in [0.25, 0.3) is 0 Å². The van der Waals surface area contributed by atoms with Crippen LogP contribution in [0.15, 0.2) is 24.3 Å². The Kier molecular flexibility index (Phi) is 4.27. The predicted octanol–water partition coefficient (Wildman–Crippen LogP) is 1.42. The number of fused-ring (bicyclic) bond motifs is 1. The van der Waals surface area contributed by atoms with E-state index in [4.69, 9.17) is 0 Å². The third kappa shape index (κ3) is 2.61. The van der Waals surface area contributed by atoms with Crippen molar-refractivity contribution in [3.63, 3.8) is 0 Å². The summed E-state index contributed by atoms with van der Waals surface area (Å²) in [6, 6.07) is 6.39. The van der Waals surface area contributed by atoms with Gasteiger partial charge in [-0.3, -0.25) is 4.79 Å². The molecule has 0 fully saturated rings. The molecule has 1 aliphatic rings. The number of anilines is 1. The minimum Gasteiger partial charge on any atom is -0.480 e. The maximum Gasteiger partial charge on any atom is 0.326 e. The van der Waals surface area contributed by atoms with E-state index in [1.807, 2.05) is 31.2 Å². The lowest BCUT2D eigenvalue weighted by Gasteiger charge is -2.30. The van der Waals surface area contributed by atoms with Gasteiger partial charge in [0, 0.05) is 18.7 Å². The molecule has 0 bridgehead atoms. The van der Waals surface area contributed by atoms with Crippen molar-refractivity contribution in [2.45, 2.75) is 38.8 Å². The molecule has 5 heteroatoms. The topological polar surface area (TPSA) is 69.6 Å². The molecule has 108 valence electrons. The summed E-state index contributed by atoms with van der Waals surface area (Å²) in [7, 11) is 0. The van der Waals surface area contributed by atoms with Gasteiger partial charge in [-0.05, 0) is 25.0 Å². The standard InChI is InChI=1S/C15H20N2O3/c1-3-8-16-14(18)10(2)17-12-7-5-4-6-11(12)9-13(17)15(19)20/h4-7,10,13H,3,8-9H2,1-2H3,(H,16,18)(H,19,20). The molecule has 1 heterocycles. The maximum atomic E-state index is 12.1. The molecule has 2 unspecified atom stereocenters. The second-order valence-corrected chi connectivity index (χ2v) is 5.06. The third-order valence-electron chi connectivity index (χ3n) is 3.65. The van der Waals surface area contributed by atoms with E-state index < -0.39 is 18.1 Å². The van der Waals surface area contributed by atoms with Gasteiger partial charge in [0.05, 0.1) is 0 Å². The summed E-state index contributed by atoms with van der Waals surface area (Å²) in [6.07, 6.45) is 1.30. The molecule has 1 aromatic rings. The Morgan fingerprint density at radius 3 is 2.80 bits per heavy atom. The fourth-order valence-electron chi connectivity index (χ4n) is 2.62. The van der Waals surface area contributed by atoms with Crippen LogP contribution >= 0.6 is 0 Å². The summed E-state index contributed by atoms with van der Waals surface area (Å²) in [4.78, 5) is 25.3. The zero-order chi connectivity index (χ0) is 14.7. The molecule has 20 heavy (non-hydrogen) atoms. The van der Waals surface area contributed by atoms with Crippen LogP contribution in [0.1, 0.15) is 25.8 Å². The Balaban J connectivity index is 2.26. The smallest absolute Gasteiger partial charge is 0.326 e. The first-order chi connectivity index (χ1) is 9.56. The number of carbonyl (C=O) groups excluding carboxylic acids is 1. The highest BCUT2D eigenvalue weighted by Crippen LogP contribution is 2.33. The zero-order valence-electron chi connectivity index (χ0n) is 11.8. The summed E-state index contributed by atoms with van der Waals surface area (Å²) < 4.78 is 0. The van der Waals surface area contributed by atoms with Crippen molar-refractivity contribution in [2.24, 2.45) is 0 Å². The molecular weight excluding hydrogens is 256 g/mol. The van der Waals surface area contributed by atoms with Crippen molar-refractivity contribution < 1.29 is 14.7 Å². The van der Waals surface area contributed by atoms with Crippen molar-refractivity contribution in [3.8, 4) is 0 Å². The minimum absolute atomic E-state index is 0.130. The number of benzene rings is 1. The SMILES string of the molecule is CCCNC(=O)C(C)N1c2ccccc2CC1C(=O)O. The van der Waals surface area contributed by atoms with Gasteiger partial charge in [-0.25, -0.2) is 4.79 Å². The van der Waals surface area contributed by atoms with Gasteiger partial charge < -0.3 is 15.3 Å². The summed E-state index contributed by atoms with van der Waals surface area (Å²) in [6.45, 7) is 4.34. The summed E-state index contributed by atoms with van der Waals surface area (Å²) in [5.41, 5.74) is 1.83. The number of rotatable bonds is 5. The van der Waals surface area contributed by atoms with E-state index in [0.29, 0.717) is 13.0 Å². The van der Waals surface area contributed by atoms with E-state index in [9.17, 15) is 14.7 Å². The maximum absolute atomic E-state index is 12.1. The van der Waals surface area contributed by atoms with Crippen LogP contribution in [0.2, 0.25) is 0 Å². The fourth-order valence-corrected chi connectivity index (χ4v) is 2.62. The Morgan fingerprint density at radius 1 is 1.45 bits per heavy atom. The van der Waals surface area contributed by atoms with Gasteiger partial charge in [0.1, 0.15) is 12.1 Å². The molecular formula is C15H20N2O3. The second kappa shape index (κ2) is 5.94. The van der Waals surface area contributed by atoms with Crippen LogP contribution < -0.4 is 10.2 Å². The number of nitrogens with one attached hydrogen (secondary N) is 1. The van der Waals surface area contributed by atoms with E-state index >= 15 is 0 Å². The number of aliphatic carboxylic acids is 1. The molecule has 2 rings (SSSR count). The van der Waals surface area contributed by atoms with E-state index in [-0.39, 0.29) is 5.91 Å². The Morgan fingerprint density at radius 2 is 2.15 bits per heavy atom. The molecule has 1 aliphatic heterocycles. The van der Waals surface area contributed by atoms with Gasteiger partial charge in [-0.15, -0.1) is 0 Å². The second-order valence-electron chi connectivity index (χ2n) is 5.06. The third-order valence-corrected chi connectivity index (χ3v) is 3.65. The fraction of sp³-hybridized carbons (Fsp3) is 0.467. The lowest BCUT2D eigenvalue weighted by atomic mass is 10.1. The first-order valence-electron chi connectivity index (χ1n) is 6.93. The molecule has 0 radical (unpaired) electrons. The molecule has 1 aromatic carbocycles. The molecule has 0 saturated carbocycles. The molecule has 0 aliphatic carbocycles. The average Bonchev–Trinajstić information content (AvgIpc) is 2.83. The van der Waals surface area contributed by atoms with Crippen molar-refractivity contribution >= 4 is 17.6 Å². The molecule has 0 aromatic heterocycles. The molecule has 0 spiro atoms. The van der Waals surface area contributed by atoms with E-state index in [1.54, 1.807) is 11.8 Å². The van der Waals surface area contributed by atoms with Crippen molar-refractivity contribution in [1.29, 1.82) is 0 Å². The van der Waals surface area contributed by atoms with Crippen LogP contribution in [-0.2, 0) is 16.0 Å². The van der Waals surface area contributed by atoms with Crippen molar-refractivity contribution in [2.75, 3.05) is 11.4 Å². The largest absolute Gasteiger partial charge is 0.480 e. The van der Waals surface area contributed by atoms with Crippen LogP contribution in [0.4, 0.5) is 5.69 Å². The summed E-state index contributed by atoms with van der Waals surface area (Å²) in [5, 5.41) is 12.2. The molecule has 2 N–H and O–H groups in total. The van der Waals surface area contributed by atoms with Gasteiger partial charge >= 0.3 is 5.97 Å². The Labute approximate surface area is 118 Å². The number of carbonyl (C=O) groups is 2. The van der Waals surface area contributed by atoms with Crippen molar-refractivity contribution in [3.05, 3.63) is 29.8 Å². The summed E-state index contributed by atoms with van der Waals surface area (Å²) >= 11 is 0. The number of hydrogen-bond donors (Lipinski definition) is 2. The number of carboxylic acids is 1. The normalized spacial score (nSPS) is 18.5. The van der Waals surface area contributed by atoms with Gasteiger partial charge in [0.2, 0.25) is 5.91 Å². The highest BCUT2D eigenvalue weighted by molar-refractivity contribution is 5.90. The lowest BCUT2D eigenvalue weighted by Crippen LogP contribution is -2.51. The molecule has 5 nitrogen and oxygen atoms in total. The number of para-hydroxylation sites is 1. The lowest BCUT2D eigenvalue weighted by molar-refractivity contribution is -0.138. The van der Waals surface area contributed by atoms with Gasteiger partial charge in [0.25, 0.3) is 0 Å². The van der Waals surface area contributed by atoms with Gasteiger partial charge in [-0.2, -0.15) is 0 Å². The van der Waals surface area contributed by atoms with Crippen molar-refractivity contribution in [1.82, 2.24) is 5.32 Å². The highest BCUT2D eigenvalue weighted by Gasteiger charge is 2.39. The van der Waals surface area contributed by atoms with Crippen LogP contribution in [-0.4, -0.2) is 35.6 Å². The molecule has 2 atom stereocenters. The first kappa shape index (κ1) is 14.4. The summed E-state index contributed by atoms with van der Waals surface area (Å²) in [5.74, 6) is -1.02. The molecule has 1 amide bonds. The number of carboxylic acid groups (broad SMARTS) is 1. The van der Waals surface area contributed by atoms with E-state index in [2.05, 4.69) is 5.32 Å². The van der Waals surface area contributed by atoms with E-state index in [0.717, 1.165) is 17.7 Å². The number of nitrogens with zero attached hydrogens (tertiary/aromatic N) is 1. The van der Waals surface area contributed by atoms with Gasteiger partial charge in [0.15, 0.2) is 0 Å². The van der Waals surface area contributed by atoms with Crippen LogP contribution in [0.3, 0.4) is 0 Å². The number of hydrogen-bond acceptors (Lipinski definition) is 3. The highest BCUT2D eigenvalue weighted by atomic mass is 16.4. The zero-order valence-corrected chi connectivity index (χ0v) is 11.8. The quantitative estimate of drug-likeness (QED) is 0.853. The minimum atomic E-state index is -0.892. The first-order valence-corrected chi connectivity index (χ1v) is 6.93. The number of amides is 1. The Bertz CT molecular complexity index is 516. The van der Waals surface area contributed by atoms with Gasteiger partial charge in [-0.1, -0.05) is 25.1 Å². The Hall–Kier alpha value is -2.04. The monoisotopic (exact) mass is 276 g/mol. The molecule has 0 saturated heterocycles. The van der Waals surface area contributed by atoms with Crippen LogP contribution in [0.5, 0.6) is 0 Å². The average molecular weight is 276 g/mol. The van der Waals surface area contributed by atoms with E-state index in [1.165, 1.54) is 0 Å². The predicted molar refractivity (Wildman–Crippen MR) is 76.8 cm³/mol.